The molecule has 0 saturated carbocycles. The second-order valence-electron chi connectivity index (χ2n) is 3.90. The highest BCUT2D eigenvalue weighted by Crippen LogP contribution is 2.26. The molecule has 0 aliphatic heterocycles. The van der Waals surface area contributed by atoms with Gasteiger partial charge in [-0.05, 0) is 34.2 Å². The Labute approximate surface area is 124 Å². The number of ether oxygens (including phenoxy) is 1. The Kier molecular flexibility index (Phi) is 4.36. The smallest absolute Gasteiger partial charge is 0.406 e. The molecule has 8 heteroatoms. The summed E-state index contributed by atoms with van der Waals surface area (Å²) in [5.74, 6) is -0.255. The largest absolute Gasteiger partial charge is 0.481 e. The molecule has 2 heterocycles. The molecule has 0 aliphatic rings. The van der Waals surface area contributed by atoms with Gasteiger partial charge >= 0.3 is 5.82 Å². The van der Waals surface area contributed by atoms with Gasteiger partial charge in [0.15, 0.2) is 0 Å². The minimum absolute atomic E-state index is 0.0363. The van der Waals surface area contributed by atoms with Gasteiger partial charge in [0.2, 0.25) is 5.75 Å². The lowest BCUT2D eigenvalue weighted by Crippen LogP contribution is -2.02. The molecule has 0 aromatic carbocycles. The van der Waals surface area contributed by atoms with Crippen LogP contribution in [0.15, 0.2) is 24.3 Å². The highest BCUT2D eigenvalue weighted by atomic mass is 35.5. The van der Waals surface area contributed by atoms with Gasteiger partial charge in [0, 0.05) is 12.5 Å². The van der Waals surface area contributed by atoms with Gasteiger partial charge in [0.1, 0.15) is 22.6 Å². The normalized spacial score (nSPS) is 10.3. The number of aromatic nitrogens is 2. The van der Waals surface area contributed by atoms with Gasteiger partial charge < -0.3 is 14.9 Å². The maximum Gasteiger partial charge on any atom is 0.406 e. The van der Waals surface area contributed by atoms with Crippen molar-refractivity contribution in [3.63, 3.8) is 0 Å². The average molecular weight is 314 g/mol. The third-order valence-corrected chi connectivity index (χ3v) is 2.96. The highest BCUT2D eigenvalue weighted by Gasteiger charge is 2.18. The quantitative estimate of drug-likeness (QED) is 0.489. The molecular formula is C12H9Cl2N3O3. The summed E-state index contributed by atoms with van der Waals surface area (Å²) in [5.41, 5.74) is 1.11. The van der Waals surface area contributed by atoms with Crippen molar-refractivity contribution < 1.29 is 9.66 Å². The van der Waals surface area contributed by atoms with Crippen LogP contribution in [0.1, 0.15) is 11.3 Å². The van der Waals surface area contributed by atoms with Crippen LogP contribution in [-0.2, 0) is 6.61 Å². The Balaban J connectivity index is 2.20. The Morgan fingerprint density at radius 3 is 2.65 bits per heavy atom. The van der Waals surface area contributed by atoms with Gasteiger partial charge in [0.25, 0.3) is 0 Å². The molecule has 0 unspecified atom stereocenters. The standard InChI is InChI=1S/C12H9Cl2N3O3/c1-7-2-4-9(12(15-7)17(18)19)20-6-8-3-5-10(13)16-11(8)14/h2-5H,6H2,1H3. The van der Waals surface area contributed by atoms with E-state index in [-0.39, 0.29) is 28.5 Å². The first-order valence-corrected chi connectivity index (χ1v) is 6.28. The predicted octanol–water partition coefficient (Wildman–Crippen LogP) is 3.58. The summed E-state index contributed by atoms with van der Waals surface area (Å²) in [5, 5.41) is 11.4. The van der Waals surface area contributed by atoms with E-state index in [1.54, 1.807) is 25.1 Å². The van der Waals surface area contributed by atoms with Crippen LogP contribution in [0, 0.1) is 17.0 Å². The fraction of sp³-hybridized carbons (Fsp3) is 0.167. The lowest BCUT2D eigenvalue weighted by Gasteiger charge is -2.07. The molecule has 0 fully saturated rings. The van der Waals surface area contributed by atoms with Crippen LogP contribution in [-0.4, -0.2) is 14.9 Å². The molecule has 0 saturated heterocycles. The van der Waals surface area contributed by atoms with Crippen molar-refractivity contribution in [2.75, 3.05) is 0 Å². The van der Waals surface area contributed by atoms with E-state index in [1.807, 2.05) is 0 Å². The first-order valence-electron chi connectivity index (χ1n) is 5.53. The van der Waals surface area contributed by atoms with E-state index in [0.29, 0.717) is 11.3 Å². The molecule has 6 nitrogen and oxygen atoms in total. The zero-order valence-corrected chi connectivity index (χ0v) is 11.9. The van der Waals surface area contributed by atoms with Gasteiger partial charge in [-0.1, -0.05) is 23.2 Å². The van der Waals surface area contributed by atoms with E-state index >= 15 is 0 Å². The van der Waals surface area contributed by atoms with Crippen molar-refractivity contribution in [2.45, 2.75) is 13.5 Å². The lowest BCUT2D eigenvalue weighted by molar-refractivity contribution is -0.390. The molecule has 104 valence electrons. The van der Waals surface area contributed by atoms with E-state index < -0.39 is 4.92 Å². The van der Waals surface area contributed by atoms with Gasteiger partial charge in [-0.3, -0.25) is 0 Å². The van der Waals surface area contributed by atoms with Crippen LogP contribution in [0.4, 0.5) is 5.82 Å². The van der Waals surface area contributed by atoms with Crippen LogP contribution in [0.25, 0.3) is 0 Å². The van der Waals surface area contributed by atoms with Crippen molar-refractivity contribution in [2.24, 2.45) is 0 Å². The zero-order valence-electron chi connectivity index (χ0n) is 10.3. The molecule has 0 N–H and O–H groups in total. The minimum Gasteiger partial charge on any atom is -0.481 e. The maximum atomic E-state index is 10.9. The second kappa shape index (κ2) is 6.02. The van der Waals surface area contributed by atoms with Gasteiger partial charge in [-0.25, -0.2) is 4.98 Å². The SMILES string of the molecule is Cc1ccc(OCc2ccc(Cl)nc2Cl)c([N+](=O)[O-])n1. The number of halogens is 2. The number of hydrogen-bond acceptors (Lipinski definition) is 5. The second-order valence-corrected chi connectivity index (χ2v) is 4.65. The number of nitro groups is 1. The third kappa shape index (κ3) is 3.34. The van der Waals surface area contributed by atoms with Crippen LogP contribution in [0.3, 0.4) is 0 Å². The predicted molar refractivity (Wildman–Crippen MR) is 74.2 cm³/mol. The Morgan fingerprint density at radius 1 is 1.25 bits per heavy atom. The highest BCUT2D eigenvalue weighted by molar-refractivity contribution is 6.32. The summed E-state index contributed by atoms with van der Waals surface area (Å²) in [6, 6.07) is 6.33. The molecule has 0 bridgehead atoms. The van der Waals surface area contributed by atoms with Crippen LogP contribution >= 0.6 is 23.2 Å². The lowest BCUT2D eigenvalue weighted by atomic mass is 10.3. The molecule has 20 heavy (non-hydrogen) atoms. The maximum absolute atomic E-state index is 10.9. The monoisotopic (exact) mass is 313 g/mol. The zero-order chi connectivity index (χ0) is 14.7. The van der Waals surface area contributed by atoms with E-state index in [0.717, 1.165) is 0 Å². The topological polar surface area (TPSA) is 78.2 Å². The van der Waals surface area contributed by atoms with E-state index in [1.165, 1.54) is 6.07 Å². The molecule has 2 aromatic heterocycles. The fourth-order valence-corrected chi connectivity index (χ4v) is 1.88. The summed E-state index contributed by atoms with van der Waals surface area (Å²) < 4.78 is 5.39. The first kappa shape index (κ1) is 14.5. The summed E-state index contributed by atoms with van der Waals surface area (Å²) in [7, 11) is 0. The molecule has 2 aromatic rings. The Bertz CT molecular complexity index is 664. The van der Waals surface area contributed by atoms with Crippen LogP contribution in [0.5, 0.6) is 5.75 Å². The third-order valence-electron chi connectivity index (χ3n) is 2.43. The molecule has 0 aliphatic carbocycles. The molecule has 2 rings (SSSR count). The summed E-state index contributed by atoms with van der Waals surface area (Å²) >= 11 is 11.6. The minimum atomic E-state index is -0.593. The average Bonchev–Trinajstić information content (AvgIpc) is 2.38. The molecule has 0 radical (unpaired) electrons. The van der Waals surface area contributed by atoms with E-state index in [2.05, 4.69) is 9.97 Å². The molecule has 0 amide bonds. The summed E-state index contributed by atoms with van der Waals surface area (Å²) in [4.78, 5) is 18.0. The van der Waals surface area contributed by atoms with Crippen LogP contribution < -0.4 is 4.74 Å². The summed E-state index contributed by atoms with van der Waals surface area (Å²) in [6.45, 7) is 1.70. The summed E-state index contributed by atoms with van der Waals surface area (Å²) in [6.07, 6.45) is 0. The van der Waals surface area contributed by atoms with Crippen LogP contribution in [0.2, 0.25) is 10.3 Å². The van der Waals surface area contributed by atoms with Crippen molar-refractivity contribution in [1.82, 2.24) is 9.97 Å². The Morgan fingerprint density at radius 2 is 2.00 bits per heavy atom. The number of hydrogen-bond donors (Lipinski definition) is 0. The molecule has 0 atom stereocenters. The van der Waals surface area contributed by atoms with E-state index in [4.69, 9.17) is 27.9 Å². The number of aryl methyl sites for hydroxylation is 1. The van der Waals surface area contributed by atoms with Gasteiger partial charge in [-0.15, -0.1) is 0 Å². The number of pyridine rings is 2. The first-order chi connectivity index (χ1) is 9.47. The number of rotatable bonds is 4. The van der Waals surface area contributed by atoms with Crippen molar-refractivity contribution in [3.8, 4) is 5.75 Å². The van der Waals surface area contributed by atoms with E-state index in [9.17, 15) is 10.1 Å². The molecule has 0 spiro atoms. The van der Waals surface area contributed by atoms with Gasteiger partial charge in [-0.2, -0.15) is 0 Å². The van der Waals surface area contributed by atoms with Gasteiger partial charge in [0.05, 0.1) is 0 Å². The van der Waals surface area contributed by atoms with Crippen molar-refractivity contribution >= 4 is 29.0 Å². The van der Waals surface area contributed by atoms with Crippen molar-refractivity contribution in [3.05, 3.63) is 55.9 Å². The Hall–Kier alpha value is -1.92. The number of nitrogens with zero attached hydrogens (tertiary/aromatic N) is 3. The molecular weight excluding hydrogens is 305 g/mol. The van der Waals surface area contributed by atoms with Crippen molar-refractivity contribution in [1.29, 1.82) is 0 Å². The fourth-order valence-electron chi connectivity index (χ4n) is 1.48.